The second-order valence-electron chi connectivity index (χ2n) is 4.89. The van der Waals surface area contributed by atoms with Gasteiger partial charge in [0.25, 0.3) is 0 Å². The van der Waals surface area contributed by atoms with Crippen LogP contribution in [-0.4, -0.2) is 29.2 Å². The number of unbranched alkanes of at least 4 members (excludes halogenated alkanes) is 6. The summed E-state index contributed by atoms with van der Waals surface area (Å²) in [7, 11) is 0. The van der Waals surface area contributed by atoms with E-state index in [2.05, 4.69) is 29.8 Å². The van der Waals surface area contributed by atoms with E-state index < -0.39 is 0 Å². The molecule has 0 radical (unpaired) electrons. The first-order valence-corrected chi connectivity index (χ1v) is 8.72. The molecule has 2 nitrogen and oxygen atoms in total. The van der Waals surface area contributed by atoms with Crippen LogP contribution in [0.3, 0.4) is 0 Å². The Morgan fingerprint density at radius 2 is 1.56 bits per heavy atom. The molecule has 0 aromatic heterocycles. The molecule has 0 atom stereocenters. The molecule has 0 rings (SSSR count). The molecule has 1 amide bonds. The second kappa shape index (κ2) is 13.4. The minimum atomic E-state index is 0.340. The normalized spacial score (nSPS) is 10.6. The molecule has 0 saturated carbocycles. The van der Waals surface area contributed by atoms with Gasteiger partial charge in [-0.1, -0.05) is 61.4 Å². The predicted octanol–water partition coefficient (Wildman–Crippen LogP) is 4.76. The van der Waals surface area contributed by atoms with Gasteiger partial charge in [-0.3, -0.25) is 4.79 Å². The van der Waals surface area contributed by atoms with E-state index in [0.29, 0.717) is 5.91 Å². The fourth-order valence-electron chi connectivity index (χ4n) is 2.10. The molecule has 3 heteroatoms. The zero-order chi connectivity index (χ0) is 13.6. The van der Waals surface area contributed by atoms with E-state index >= 15 is 0 Å². The van der Waals surface area contributed by atoms with Crippen molar-refractivity contribution in [3.8, 4) is 0 Å². The maximum Gasteiger partial charge on any atom is 0.222 e. The first-order chi connectivity index (χ1) is 8.76. The number of carbonyl (C=O) groups excluding carboxylic acids is 1. The molecule has 0 aliphatic rings. The standard InChI is InChI=1S/C15H30BrNO/c1-3-5-6-7-8-9-10-12-15(18)17(4-2)14-11-13-16/h3-14H2,1-2H3. The summed E-state index contributed by atoms with van der Waals surface area (Å²) >= 11 is 3.41. The minimum Gasteiger partial charge on any atom is -0.343 e. The summed E-state index contributed by atoms with van der Waals surface area (Å²) in [6, 6.07) is 0. The van der Waals surface area contributed by atoms with Crippen molar-refractivity contribution < 1.29 is 4.79 Å². The van der Waals surface area contributed by atoms with Gasteiger partial charge >= 0.3 is 0 Å². The van der Waals surface area contributed by atoms with Crippen LogP contribution >= 0.6 is 15.9 Å². The van der Waals surface area contributed by atoms with Crippen molar-refractivity contribution in [2.45, 2.75) is 71.6 Å². The van der Waals surface area contributed by atoms with Crippen molar-refractivity contribution in [3.05, 3.63) is 0 Å². The quantitative estimate of drug-likeness (QED) is 0.375. The van der Waals surface area contributed by atoms with Crippen LogP contribution in [0.1, 0.15) is 71.6 Å². The third-order valence-electron chi connectivity index (χ3n) is 3.29. The van der Waals surface area contributed by atoms with Gasteiger partial charge in [-0.25, -0.2) is 0 Å². The topological polar surface area (TPSA) is 20.3 Å². The van der Waals surface area contributed by atoms with Crippen LogP contribution in [0, 0.1) is 0 Å². The Morgan fingerprint density at radius 3 is 2.11 bits per heavy atom. The van der Waals surface area contributed by atoms with Crippen molar-refractivity contribution >= 4 is 21.8 Å². The lowest BCUT2D eigenvalue weighted by molar-refractivity contribution is -0.131. The summed E-state index contributed by atoms with van der Waals surface area (Å²) in [5.41, 5.74) is 0. The van der Waals surface area contributed by atoms with Gasteiger partial charge in [0.1, 0.15) is 0 Å². The number of alkyl halides is 1. The molecule has 0 heterocycles. The molecule has 0 aromatic carbocycles. The number of rotatable bonds is 12. The average Bonchev–Trinajstić information content (AvgIpc) is 2.38. The highest BCUT2D eigenvalue weighted by Crippen LogP contribution is 2.09. The Bertz CT molecular complexity index is 197. The summed E-state index contributed by atoms with van der Waals surface area (Å²) in [5.74, 6) is 0.340. The zero-order valence-corrected chi connectivity index (χ0v) is 13.8. The van der Waals surface area contributed by atoms with Crippen LogP contribution in [0.15, 0.2) is 0 Å². The molecule has 0 fully saturated rings. The Balaban J connectivity index is 3.49. The third-order valence-corrected chi connectivity index (χ3v) is 3.85. The summed E-state index contributed by atoms with van der Waals surface area (Å²) in [6.07, 6.45) is 10.7. The summed E-state index contributed by atoms with van der Waals surface area (Å²) in [5, 5.41) is 0.980. The van der Waals surface area contributed by atoms with E-state index in [9.17, 15) is 4.79 Å². The number of nitrogens with zero attached hydrogens (tertiary/aromatic N) is 1. The fraction of sp³-hybridized carbons (Fsp3) is 0.933. The fourth-order valence-corrected chi connectivity index (χ4v) is 2.35. The summed E-state index contributed by atoms with van der Waals surface area (Å²) < 4.78 is 0. The van der Waals surface area contributed by atoms with E-state index in [0.717, 1.165) is 37.7 Å². The lowest BCUT2D eigenvalue weighted by Gasteiger charge is -2.20. The van der Waals surface area contributed by atoms with Crippen LogP contribution in [0.4, 0.5) is 0 Å². The highest BCUT2D eigenvalue weighted by atomic mass is 79.9. The number of hydrogen-bond donors (Lipinski definition) is 0. The monoisotopic (exact) mass is 319 g/mol. The maximum absolute atomic E-state index is 11.9. The number of carbonyl (C=O) groups is 1. The predicted molar refractivity (Wildman–Crippen MR) is 83.3 cm³/mol. The zero-order valence-electron chi connectivity index (χ0n) is 12.2. The Labute approximate surface area is 122 Å². The van der Waals surface area contributed by atoms with Crippen molar-refractivity contribution in [3.63, 3.8) is 0 Å². The van der Waals surface area contributed by atoms with Crippen LogP contribution in [0.5, 0.6) is 0 Å². The Kier molecular flexibility index (Phi) is 13.3. The largest absolute Gasteiger partial charge is 0.343 e. The highest BCUT2D eigenvalue weighted by molar-refractivity contribution is 9.09. The van der Waals surface area contributed by atoms with E-state index in [1.54, 1.807) is 0 Å². The van der Waals surface area contributed by atoms with E-state index in [1.807, 2.05) is 4.90 Å². The van der Waals surface area contributed by atoms with E-state index in [-0.39, 0.29) is 0 Å². The molecule has 0 N–H and O–H groups in total. The highest BCUT2D eigenvalue weighted by Gasteiger charge is 2.09. The van der Waals surface area contributed by atoms with Gasteiger partial charge in [0.2, 0.25) is 5.91 Å². The number of amides is 1. The lowest BCUT2D eigenvalue weighted by Crippen LogP contribution is -2.31. The van der Waals surface area contributed by atoms with Gasteiger partial charge in [-0.05, 0) is 19.8 Å². The molecule has 0 spiro atoms. The van der Waals surface area contributed by atoms with Gasteiger partial charge in [0, 0.05) is 24.8 Å². The van der Waals surface area contributed by atoms with Crippen LogP contribution in [-0.2, 0) is 4.79 Å². The smallest absolute Gasteiger partial charge is 0.222 e. The van der Waals surface area contributed by atoms with Gasteiger partial charge in [0.05, 0.1) is 0 Å². The second-order valence-corrected chi connectivity index (χ2v) is 5.68. The number of halogens is 1. The first kappa shape index (κ1) is 17.9. The lowest BCUT2D eigenvalue weighted by atomic mass is 10.1. The molecule has 0 aromatic rings. The van der Waals surface area contributed by atoms with Gasteiger partial charge in [-0.15, -0.1) is 0 Å². The SMILES string of the molecule is CCCCCCCCCC(=O)N(CC)CCCBr. The molecular weight excluding hydrogens is 290 g/mol. The summed E-state index contributed by atoms with van der Waals surface area (Å²) in [4.78, 5) is 13.9. The van der Waals surface area contributed by atoms with E-state index in [4.69, 9.17) is 0 Å². The molecule has 0 unspecified atom stereocenters. The Morgan fingerprint density at radius 1 is 0.944 bits per heavy atom. The molecule has 0 aliphatic carbocycles. The minimum absolute atomic E-state index is 0.340. The Hall–Kier alpha value is -0.0500. The molecule has 18 heavy (non-hydrogen) atoms. The van der Waals surface area contributed by atoms with Gasteiger partial charge in [-0.2, -0.15) is 0 Å². The number of hydrogen-bond acceptors (Lipinski definition) is 1. The van der Waals surface area contributed by atoms with Crippen molar-refractivity contribution in [2.24, 2.45) is 0 Å². The molecule has 108 valence electrons. The molecular formula is C15H30BrNO. The van der Waals surface area contributed by atoms with Crippen LogP contribution < -0.4 is 0 Å². The van der Waals surface area contributed by atoms with Crippen molar-refractivity contribution in [1.29, 1.82) is 0 Å². The van der Waals surface area contributed by atoms with Crippen molar-refractivity contribution in [1.82, 2.24) is 4.90 Å². The first-order valence-electron chi connectivity index (χ1n) is 7.60. The van der Waals surface area contributed by atoms with Crippen LogP contribution in [0.2, 0.25) is 0 Å². The molecule has 0 aliphatic heterocycles. The average molecular weight is 320 g/mol. The summed E-state index contributed by atoms with van der Waals surface area (Å²) in [6.45, 7) is 6.06. The third kappa shape index (κ3) is 9.93. The van der Waals surface area contributed by atoms with E-state index in [1.165, 1.54) is 38.5 Å². The molecule has 0 bridgehead atoms. The van der Waals surface area contributed by atoms with Crippen LogP contribution in [0.25, 0.3) is 0 Å². The van der Waals surface area contributed by atoms with Crippen molar-refractivity contribution in [2.75, 3.05) is 18.4 Å². The van der Waals surface area contributed by atoms with Gasteiger partial charge < -0.3 is 4.90 Å². The van der Waals surface area contributed by atoms with Gasteiger partial charge in [0.15, 0.2) is 0 Å². The molecule has 0 saturated heterocycles. The maximum atomic E-state index is 11.9.